The molecule has 6 rings (SSSR count). The number of pyridine rings is 1. The van der Waals surface area contributed by atoms with Gasteiger partial charge in [-0.25, -0.2) is 4.39 Å². The highest BCUT2D eigenvalue weighted by Gasteiger charge is 2.43. The molecule has 27 nitrogen and oxygen atoms in total. The van der Waals surface area contributed by atoms with Crippen molar-refractivity contribution in [3.63, 3.8) is 0 Å². The van der Waals surface area contributed by atoms with Crippen molar-refractivity contribution < 1.29 is 71.7 Å². The number of alkyl halides is 1. The standard InChI is InChI=1S/C61H83FIN13O14/c1-61(62)35-47(36-64)76(40-61)57(83)37-67-59(86)49-16-18-65-51-15-14-48(33-50(49)51)90-32-6-19-70-28-30-75(31-29-70)56(82)34-54(80)69-60(87)52(8-3-2-4-17-66-53(79)9-5-7-45-10-12-46(63)13-11-45)68-55(81)38-71-20-21-72(39-58(84)85)23-25-74(42-89-44-78)27-26-73(24-22-71)41-88-43-77/h10-16,18,33,43-44,47,52H,2-9,17,19-32,34-35,37-42H2,1H3,(H,66,79)(H,67,86)(H,68,81)(H,84,85)(H,69,80,87)/t47-,52+,61?/m1/s1. The number of aryl methyl sites for hydroxylation is 1. The van der Waals surface area contributed by atoms with Gasteiger partial charge in [-0.15, -0.1) is 0 Å². The van der Waals surface area contributed by atoms with Crippen LogP contribution in [0.15, 0.2) is 54.7 Å². The zero-order chi connectivity index (χ0) is 64.8. The molecular weight excluding hydrogens is 1280 g/mol. The van der Waals surface area contributed by atoms with Gasteiger partial charge in [0, 0.05) is 120 Å². The van der Waals surface area contributed by atoms with Crippen LogP contribution in [0.4, 0.5) is 4.39 Å². The lowest BCUT2D eigenvalue weighted by molar-refractivity contribution is -0.140. The molecule has 0 aliphatic carbocycles. The number of nitrogens with zero attached hydrogens (tertiary/aromatic N) is 9. The average Bonchev–Trinajstić information content (AvgIpc) is 1.33. The highest BCUT2D eigenvalue weighted by Crippen LogP contribution is 2.30. The Labute approximate surface area is 536 Å². The van der Waals surface area contributed by atoms with E-state index in [0.29, 0.717) is 140 Å². The van der Waals surface area contributed by atoms with Gasteiger partial charge in [0.15, 0.2) is 0 Å². The van der Waals surface area contributed by atoms with Crippen LogP contribution in [-0.2, 0) is 59.0 Å². The number of ether oxygens (including phenoxy) is 3. The van der Waals surface area contributed by atoms with Gasteiger partial charge in [0.1, 0.15) is 43.4 Å². The van der Waals surface area contributed by atoms with Crippen LogP contribution in [0, 0.1) is 14.9 Å². The number of aliphatic carboxylic acids is 1. The predicted octanol–water partition coefficient (Wildman–Crippen LogP) is 1.12. The molecule has 0 bridgehead atoms. The molecule has 1 aromatic heterocycles. The van der Waals surface area contributed by atoms with Crippen LogP contribution in [0.2, 0.25) is 0 Å². The Balaban J connectivity index is 0.977. The fraction of sp³-hybridized carbons (Fsp3) is 0.574. The van der Waals surface area contributed by atoms with E-state index in [2.05, 4.69) is 53.7 Å². The van der Waals surface area contributed by atoms with E-state index < -0.39 is 72.1 Å². The summed E-state index contributed by atoms with van der Waals surface area (Å²) in [6.07, 6.45) is 4.94. The third-order valence-corrected chi connectivity index (χ3v) is 16.5. The molecule has 1 unspecified atom stereocenters. The number of hydrogen-bond acceptors (Lipinski definition) is 20. The maximum Gasteiger partial charge on any atom is 0.317 e. The van der Waals surface area contributed by atoms with Gasteiger partial charge in [-0.2, -0.15) is 5.26 Å². The molecule has 3 atom stereocenters. The summed E-state index contributed by atoms with van der Waals surface area (Å²) < 4.78 is 31.8. The molecule has 3 saturated heterocycles. The molecule has 0 saturated carbocycles. The van der Waals surface area contributed by atoms with Crippen molar-refractivity contribution in [2.75, 3.05) is 138 Å². The number of amides is 7. The van der Waals surface area contributed by atoms with Gasteiger partial charge in [0.25, 0.3) is 18.9 Å². The first-order valence-electron chi connectivity index (χ1n) is 30.4. The number of benzene rings is 2. The van der Waals surface area contributed by atoms with Crippen molar-refractivity contribution in [1.29, 1.82) is 5.26 Å². The van der Waals surface area contributed by atoms with Crippen LogP contribution in [0.3, 0.4) is 0 Å². The van der Waals surface area contributed by atoms with E-state index in [1.807, 2.05) is 40.1 Å². The van der Waals surface area contributed by atoms with Crippen LogP contribution in [0.5, 0.6) is 5.75 Å². The minimum Gasteiger partial charge on any atom is -0.494 e. The number of nitrogens with one attached hydrogen (secondary N) is 4. The molecule has 4 heterocycles. The Morgan fingerprint density at radius 1 is 0.767 bits per heavy atom. The summed E-state index contributed by atoms with van der Waals surface area (Å²) in [5.41, 5.74) is 0.229. The molecule has 3 aliphatic rings. The number of unbranched alkanes of at least 4 members (excludes halogenated alkanes) is 2. The molecule has 90 heavy (non-hydrogen) atoms. The molecule has 0 spiro atoms. The zero-order valence-corrected chi connectivity index (χ0v) is 53.1. The van der Waals surface area contributed by atoms with E-state index in [0.717, 1.165) is 20.5 Å². The Bertz CT molecular complexity index is 2950. The summed E-state index contributed by atoms with van der Waals surface area (Å²) in [6.45, 7) is 6.17. The quantitative estimate of drug-likeness (QED) is 0.0253. The minimum atomic E-state index is -1.70. The summed E-state index contributed by atoms with van der Waals surface area (Å²) in [5.74, 6) is -4.42. The normalized spacial score (nSPS) is 18.6. The largest absolute Gasteiger partial charge is 0.494 e. The van der Waals surface area contributed by atoms with Gasteiger partial charge in [0.2, 0.25) is 35.4 Å². The Kier molecular flexibility index (Phi) is 29.9. The highest BCUT2D eigenvalue weighted by molar-refractivity contribution is 14.1. The number of aromatic nitrogens is 1. The van der Waals surface area contributed by atoms with Gasteiger partial charge in [-0.3, -0.25) is 82.7 Å². The smallest absolute Gasteiger partial charge is 0.317 e. The van der Waals surface area contributed by atoms with Gasteiger partial charge in [-0.05, 0) is 104 Å². The van der Waals surface area contributed by atoms with E-state index in [-0.39, 0.29) is 83.6 Å². The number of imide groups is 1. The predicted molar refractivity (Wildman–Crippen MR) is 333 cm³/mol. The Hall–Kier alpha value is -7.50. The van der Waals surface area contributed by atoms with E-state index >= 15 is 0 Å². The number of halogens is 2. The van der Waals surface area contributed by atoms with Crippen molar-refractivity contribution in [3.8, 4) is 11.8 Å². The van der Waals surface area contributed by atoms with Crippen LogP contribution in [0.25, 0.3) is 10.9 Å². The first-order chi connectivity index (χ1) is 43.3. The van der Waals surface area contributed by atoms with E-state index in [4.69, 9.17) is 14.2 Å². The van der Waals surface area contributed by atoms with Gasteiger partial charge >= 0.3 is 5.97 Å². The number of fused-ring (bicyclic) bond motifs is 1. The topological polar surface area (TPSA) is 326 Å². The van der Waals surface area contributed by atoms with Crippen LogP contribution >= 0.6 is 22.6 Å². The maximum atomic E-state index is 14.6. The Morgan fingerprint density at radius 3 is 2.06 bits per heavy atom. The molecule has 29 heteroatoms. The summed E-state index contributed by atoms with van der Waals surface area (Å²) in [7, 11) is 0. The molecular formula is C61H83FIN13O14. The van der Waals surface area contributed by atoms with Crippen LogP contribution < -0.4 is 26.0 Å². The van der Waals surface area contributed by atoms with Crippen molar-refractivity contribution >= 4 is 93.8 Å². The number of hydrogen-bond donors (Lipinski definition) is 5. The number of carbonyl (C=O) groups is 10. The van der Waals surface area contributed by atoms with Crippen LogP contribution in [0.1, 0.15) is 80.6 Å². The lowest BCUT2D eigenvalue weighted by atomic mass is 10.1. The lowest BCUT2D eigenvalue weighted by Crippen LogP contribution is -2.53. The fourth-order valence-electron chi connectivity index (χ4n) is 10.8. The van der Waals surface area contributed by atoms with Gasteiger partial charge in [-0.1, -0.05) is 25.0 Å². The number of piperazine rings is 1. The summed E-state index contributed by atoms with van der Waals surface area (Å²) >= 11 is 2.25. The summed E-state index contributed by atoms with van der Waals surface area (Å²) in [6, 6.07) is 14.6. The molecule has 7 amide bonds. The summed E-state index contributed by atoms with van der Waals surface area (Å²) in [5, 5.41) is 30.3. The highest BCUT2D eigenvalue weighted by atomic mass is 127. The molecule has 5 N–H and O–H groups in total. The van der Waals surface area contributed by atoms with Crippen molar-refractivity contribution in [3.05, 3.63) is 69.4 Å². The van der Waals surface area contributed by atoms with Crippen molar-refractivity contribution in [2.45, 2.75) is 88.9 Å². The number of nitriles is 1. The zero-order valence-electron chi connectivity index (χ0n) is 51.0. The lowest BCUT2D eigenvalue weighted by Gasteiger charge is -2.34. The molecule has 490 valence electrons. The van der Waals surface area contributed by atoms with E-state index in [1.54, 1.807) is 32.9 Å². The third kappa shape index (κ3) is 25.1. The third-order valence-electron chi connectivity index (χ3n) is 15.7. The van der Waals surface area contributed by atoms with Gasteiger partial charge < -0.3 is 45.1 Å². The first-order valence-corrected chi connectivity index (χ1v) is 31.4. The second-order valence-electron chi connectivity index (χ2n) is 22.8. The monoisotopic (exact) mass is 1370 g/mol. The molecule has 3 aromatic rings. The van der Waals surface area contributed by atoms with E-state index in [9.17, 15) is 62.7 Å². The van der Waals surface area contributed by atoms with Crippen molar-refractivity contribution in [1.82, 2.24) is 60.6 Å². The molecule has 0 radical (unpaired) electrons. The number of likely N-dealkylation sites (tertiary alicyclic amines) is 1. The number of rotatable bonds is 32. The van der Waals surface area contributed by atoms with E-state index in [1.165, 1.54) is 19.2 Å². The van der Waals surface area contributed by atoms with Gasteiger partial charge in [0.05, 0.1) is 49.9 Å². The molecule has 3 aliphatic heterocycles. The summed E-state index contributed by atoms with van der Waals surface area (Å²) in [4.78, 5) is 144. The molecule has 2 aromatic carbocycles. The minimum absolute atomic E-state index is 0.0311. The fourth-order valence-corrected chi connectivity index (χ4v) is 11.2. The second kappa shape index (κ2) is 37.6. The first kappa shape index (κ1) is 71.6. The average molecular weight is 1370 g/mol. The van der Waals surface area contributed by atoms with Crippen LogP contribution in [-0.4, -0.2) is 260 Å². The number of carbonyl (C=O) groups excluding carboxylic acids is 9. The SMILES string of the molecule is CC1(F)C[C@H](C#N)N(C(=O)CNC(=O)c2ccnc3ccc(OCCCN4CCN(C(=O)CC(=O)NC(=O)[C@H](CCCCCNC(=O)CCCc5ccc(I)cc5)NC(=O)CN5CCN(COC=O)CCN(COC=O)CCN(CC(=O)O)CC5)CC4)cc23)C1. The molecule has 3 fully saturated rings. The maximum absolute atomic E-state index is 14.6. The second-order valence-corrected chi connectivity index (χ2v) is 24.0. The Morgan fingerprint density at radius 2 is 1.41 bits per heavy atom. The number of carboxylic acids is 1. The van der Waals surface area contributed by atoms with Crippen molar-refractivity contribution in [2.24, 2.45) is 0 Å². The number of carboxylic acid groups (broad SMARTS) is 1.